The summed E-state index contributed by atoms with van der Waals surface area (Å²) < 4.78 is 13.1. The molecule has 190 valence electrons. The number of rotatable bonds is 7. The van der Waals surface area contributed by atoms with Crippen molar-refractivity contribution >= 4 is 11.8 Å². The summed E-state index contributed by atoms with van der Waals surface area (Å²) in [7, 11) is 1.65. The van der Waals surface area contributed by atoms with Gasteiger partial charge in [0.15, 0.2) is 0 Å². The van der Waals surface area contributed by atoms with E-state index in [-0.39, 0.29) is 17.9 Å². The number of fused-ring (bicyclic) bond motifs is 1. The van der Waals surface area contributed by atoms with Crippen molar-refractivity contribution in [1.29, 1.82) is 0 Å². The largest absolute Gasteiger partial charge is 0.496 e. The number of ether oxygens (including phenoxy) is 1. The summed E-state index contributed by atoms with van der Waals surface area (Å²) in [5, 5.41) is 3.32. The van der Waals surface area contributed by atoms with Crippen LogP contribution in [0.2, 0.25) is 0 Å². The molecule has 1 saturated carbocycles. The number of benzene rings is 1. The number of carbonyl (C=O) groups excluding carboxylic acids is 2. The van der Waals surface area contributed by atoms with Crippen molar-refractivity contribution in [2.24, 2.45) is 0 Å². The summed E-state index contributed by atoms with van der Waals surface area (Å²) in [5.74, 6) is 1.23. The molecule has 2 aromatic heterocycles. The number of nitrogens with one attached hydrogen (secondary N) is 1. The fourth-order valence-corrected chi connectivity index (χ4v) is 5.67. The second kappa shape index (κ2) is 10.2. The average Bonchev–Trinajstić information content (AvgIpc) is 3.49. The summed E-state index contributed by atoms with van der Waals surface area (Å²) in [6.45, 7) is 2.67. The maximum atomic E-state index is 14.0. The molecule has 0 saturated heterocycles. The standard InChI is InChI=1S/C29H35N3O4/c1-29(28(34)30-22-11-5-3-4-6-12-22)20-31-23(26-14-9-19-36-26)15-16-24(31)27(33)32(29)18-17-21-10-7-8-13-25(21)35-2/h7-10,13-16,19,22H,3-6,11-12,17-18,20H2,1-2H3,(H,30,34)/t29-/m0/s1. The summed E-state index contributed by atoms with van der Waals surface area (Å²) in [5.41, 5.74) is 1.35. The van der Waals surface area contributed by atoms with Crippen molar-refractivity contribution in [1.82, 2.24) is 14.8 Å². The molecule has 1 aromatic carbocycles. The smallest absolute Gasteiger partial charge is 0.271 e. The van der Waals surface area contributed by atoms with Crippen LogP contribution in [0.1, 0.15) is 61.5 Å². The highest BCUT2D eigenvalue weighted by Crippen LogP contribution is 2.34. The van der Waals surface area contributed by atoms with Gasteiger partial charge in [-0.1, -0.05) is 43.9 Å². The first-order chi connectivity index (χ1) is 17.5. The van der Waals surface area contributed by atoms with E-state index in [1.165, 1.54) is 12.8 Å². The minimum Gasteiger partial charge on any atom is -0.496 e. The Hall–Kier alpha value is -3.48. The second-order valence-electron chi connectivity index (χ2n) is 10.1. The average molecular weight is 490 g/mol. The molecule has 7 nitrogen and oxygen atoms in total. The van der Waals surface area contributed by atoms with Gasteiger partial charge >= 0.3 is 0 Å². The van der Waals surface area contributed by atoms with Crippen LogP contribution in [0.5, 0.6) is 5.75 Å². The number of carbonyl (C=O) groups is 2. The normalized spacial score (nSPS) is 20.6. The number of para-hydroxylation sites is 1. The Bertz CT molecular complexity index is 1210. The topological polar surface area (TPSA) is 76.7 Å². The van der Waals surface area contributed by atoms with Crippen molar-refractivity contribution in [3.63, 3.8) is 0 Å². The van der Waals surface area contributed by atoms with Crippen LogP contribution in [0.15, 0.2) is 59.2 Å². The first-order valence-corrected chi connectivity index (χ1v) is 13.0. The van der Waals surface area contributed by atoms with Gasteiger partial charge in [0.2, 0.25) is 5.91 Å². The summed E-state index contributed by atoms with van der Waals surface area (Å²) in [6.07, 6.45) is 8.88. The first-order valence-electron chi connectivity index (χ1n) is 13.0. The highest BCUT2D eigenvalue weighted by atomic mass is 16.5. The Kier molecular flexibility index (Phi) is 6.90. The molecule has 1 atom stereocenters. The van der Waals surface area contributed by atoms with Crippen LogP contribution in [0.4, 0.5) is 0 Å². The molecule has 2 aliphatic rings. The lowest BCUT2D eigenvalue weighted by molar-refractivity contribution is -0.133. The maximum absolute atomic E-state index is 14.0. The molecule has 0 bridgehead atoms. The maximum Gasteiger partial charge on any atom is 0.271 e. The molecule has 7 heteroatoms. The lowest BCUT2D eigenvalue weighted by Crippen LogP contribution is -2.65. The number of amides is 2. The van der Waals surface area contributed by atoms with E-state index in [0.717, 1.165) is 42.7 Å². The quantitative estimate of drug-likeness (QED) is 0.471. The molecule has 36 heavy (non-hydrogen) atoms. The summed E-state index contributed by atoms with van der Waals surface area (Å²) in [4.78, 5) is 29.6. The summed E-state index contributed by atoms with van der Waals surface area (Å²) in [6, 6.07) is 15.4. The SMILES string of the molecule is COc1ccccc1CCN1C(=O)c2ccc(-c3ccco3)n2C[C@@]1(C)C(=O)NC1CCCCCC1. The van der Waals surface area contributed by atoms with E-state index in [2.05, 4.69) is 5.32 Å². The molecular weight excluding hydrogens is 454 g/mol. The van der Waals surface area contributed by atoms with Crippen molar-refractivity contribution in [2.45, 2.75) is 70.0 Å². The molecule has 3 aromatic rings. The lowest BCUT2D eigenvalue weighted by Gasteiger charge is -2.45. The van der Waals surface area contributed by atoms with E-state index in [1.807, 2.05) is 60.0 Å². The Morgan fingerprint density at radius 3 is 2.53 bits per heavy atom. The van der Waals surface area contributed by atoms with E-state index in [0.29, 0.717) is 31.0 Å². The molecule has 0 unspecified atom stereocenters. The van der Waals surface area contributed by atoms with Crippen LogP contribution in [0.3, 0.4) is 0 Å². The number of methoxy groups -OCH3 is 1. The predicted octanol–water partition coefficient (Wildman–Crippen LogP) is 5.05. The zero-order valence-corrected chi connectivity index (χ0v) is 21.2. The molecule has 2 amide bonds. The third-order valence-corrected chi connectivity index (χ3v) is 7.76. The van der Waals surface area contributed by atoms with Gasteiger partial charge in [-0.25, -0.2) is 0 Å². The van der Waals surface area contributed by atoms with Gasteiger partial charge in [0.1, 0.15) is 22.7 Å². The fraction of sp³-hybridized carbons (Fsp3) is 0.448. The number of nitrogens with zero attached hydrogens (tertiary/aromatic N) is 2. The highest BCUT2D eigenvalue weighted by Gasteiger charge is 2.48. The van der Waals surface area contributed by atoms with Crippen LogP contribution < -0.4 is 10.1 Å². The Morgan fingerprint density at radius 2 is 1.81 bits per heavy atom. The van der Waals surface area contributed by atoms with E-state index in [9.17, 15) is 9.59 Å². The Labute approximate surface area is 212 Å². The van der Waals surface area contributed by atoms with Gasteiger partial charge in [-0.05, 0) is 62.1 Å². The number of hydrogen-bond acceptors (Lipinski definition) is 4. The van der Waals surface area contributed by atoms with Crippen molar-refractivity contribution in [3.05, 3.63) is 66.1 Å². The van der Waals surface area contributed by atoms with Crippen LogP contribution in [0, 0.1) is 0 Å². The van der Waals surface area contributed by atoms with Gasteiger partial charge in [-0.3, -0.25) is 9.59 Å². The van der Waals surface area contributed by atoms with Gasteiger partial charge in [-0.15, -0.1) is 0 Å². The Balaban J connectivity index is 1.47. The molecule has 3 heterocycles. The zero-order valence-electron chi connectivity index (χ0n) is 21.2. The monoisotopic (exact) mass is 489 g/mol. The van der Waals surface area contributed by atoms with Gasteiger partial charge in [0.05, 0.1) is 25.6 Å². The van der Waals surface area contributed by atoms with E-state index in [4.69, 9.17) is 9.15 Å². The van der Waals surface area contributed by atoms with E-state index in [1.54, 1.807) is 18.3 Å². The van der Waals surface area contributed by atoms with Crippen molar-refractivity contribution in [3.8, 4) is 17.2 Å². The molecule has 1 aliphatic carbocycles. The van der Waals surface area contributed by atoms with Crippen LogP contribution in [-0.4, -0.2) is 46.5 Å². The van der Waals surface area contributed by atoms with Gasteiger partial charge < -0.3 is 23.9 Å². The van der Waals surface area contributed by atoms with Crippen LogP contribution >= 0.6 is 0 Å². The molecule has 0 radical (unpaired) electrons. The number of hydrogen-bond donors (Lipinski definition) is 1. The van der Waals surface area contributed by atoms with E-state index >= 15 is 0 Å². The van der Waals surface area contributed by atoms with Gasteiger partial charge in [0.25, 0.3) is 5.91 Å². The van der Waals surface area contributed by atoms with Crippen molar-refractivity contribution < 1.29 is 18.7 Å². The number of aromatic nitrogens is 1. The highest BCUT2D eigenvalue weighted by molar-refractivity contribution is 6.00. The molecule has 0 spiro atoms. The summed E-state index contributed by atoms with van der Waals surface area (Å²) >= 11 is 0. The van der Waals surface area contributed by atoms with Gasteiger partial charge in [0, 0.05) is 12.6 Å². The number of furan rings is 1. The minimum absolute atomic E-state index is 0.0903. The van der Waals surface area contributed by atoms with Crippen LogP contribution in [0.25, 0.3) is 11.5 Å². The third-order valence-electron chi connectivity index (χ3n) is 7.76. The molecular formula is C29H35N3O4. The zero-order chi connectivity index (χ0) is 25.1. The minimum atomic E-state index is -1.04. The molecule has 1 fully saturated rings. The lowest BCUT2D eigenvalue weighted by atomic mass is 9.92. The first kappa shape index (κ1) is 24.2. The predicted molar refractivity (Wildman–Crippen MR) is 138 cm³/mol. The second-order valence-corrected chi connectivity index (χ2v) is 10.1. The van der Waals surface area contributed by atoms with E-state index < -0.39 is 5.54 Å². The fourth-order valence-electron chi connectivity index (χ4n) is 5.67. The third kappa shape index (κ3) is 4.54. The van der Waals surface area contributed by atoms with Crippen molar-refractivity contribution in [2.75, 3.05) is 13.7 Å². The Morgan fingerprint density at radius 1 is 1.06 bits per heavy atom. The molecule has 1 N–H and O–H groups in total. The molecule has 5 rings (SSSR count). The molecule has 1 aliphatic heterocycles. The van der Waals surface area contributed by atoms with Gasteiger partial charge in [-0.2, -0.15) is 0 Å². The van der Waals surface area contributed by atoms with Crippen LogP contribution in [-0.2, 0) is 17.8 Å².